The van der Waals surface area contributed by atoms with Crippen molar-refractivity contribution in [3.63, 3.8) is 0 Å². The van der Waals surface area contributed by atoms with Gasteiger partial charge in [0.2, 0.25) is 0 Å². The highest BCUT2D eigenvalue weighted by Gasteiger charge is 2.15. The molecule has 0 aliphatic carbocycles. The summed E-state index contributed by atoms with van der Waals surface area (Å²) in [6.45, 7) is 0. The summed E-state index contributed by atoms with van der Waals surface area (Å²) in [4.78, 5) is 3.38. The van der Waals surface area contributed by atoms with Crippen molar-refractivity contribution in [3.05, 3.63) is 42.5 Å². The fourth-order valence-corrected chi connectivity index (χ4v) is 3.25. The van der Waals surface area contributed by atoms with E-state index in [0.717, 1.165) is 16.3 Å². The first-order valence-electron chi connectivity index (χ1n) is 5.11. The Balaban J connectivity index is 2.01. The van der Waals surface area contributed by atoms with Crippen molar-refractivity contribution >= 4 is 34.9 Å². The summed E-state index contributed by atoms with van der Waals surface area (Å²) in [7, 11) is 0. The molecule has 1 heterocycles. The molecule has 1 aliphatic heterocycles. The second kappa shape index (κ2) is 4.36. The number of benzene rings is 2. The topological polar surface area (TPSA) is 35.8 Å². The van der Waals surface area contributed by atoms with E-state index in [9.17, 15) is 0 Å². The molecule has 0 aromatic heterocycles. The van der Waals surface area contributed by atoms with Crippen LogP contribution in [0.15, 0.2) is 57.2 Å². The normalized spacial score (nSPS) is 11.9. The minimum atomic E-state index is 0.986. The lowest BCUT2D eigenvalue weighted by Gasteiger charge is -2.20. The number of anilines is 2. The monoisotopic (exact) mass is 256 g/mol. The summed E-state index contributed by atoms with van der Waals surface area (Å²) in [6, 6.07) is 14.3. The Bertz CT molecular complexity index is 617. The van der Waals surface area contributed by atoms with Crippen LogP contribution in [0.2, 0.25) is 0 Å². The van der Waals surface area contributed by atoms with Gasteiger partial charge in [-0.1, -0.05) is 23.9 Å². The number of nitriles is 1. The smallest absolute Gasteiger partial charge is 0.138 e. The van der Waals surface area contributed by atoms with Crippen LogP contribution in [0.4, 0.5) is 11.4 Å². The summed E-state index contributed by atoms with van der Waals surface area (Å²) in [5.74, 6) is 0. The van der Waals surface area contributed by atoms with Crippen molar-refractivity contribution in [2.24, 2.45) is 0 Å². The number of rotatable bonds is 1. The van der Waals surface area contributed by atoms with Crippen LogP contribution in [0.1, 0.15) is 0 Å². The van der Waals surface area contributed by atoms with Gasteiger partial charge in [-0.2, -0.15) is 5.26 Å². The van der Waals surface area contributed by atoms with Gasteiger partial charge in [0, 0.05) is 14.7 Å². The van der Waals surface area contributed by atoms with Crippen LogP contribution in [-0.2, 0) is 0 Å². The molecular formula is C13H8N2S2. The number of thiocyanates is 1. The molecule has 1 N–H and O–H groups in total. The SMILES string of the molecule is N#CSc1ccc2c(c1)Sc1ccccc1N2. The number of para-hydroxylation sites is 1. The van der Waals surface area contributed by atoms with E-state index in [4.69, 9.17) is 5.26 Å². The highest BCUT2D eigenvalue weighted by atomic mass is 32.2. The van der Waals surface area contributed by atoms with E-state index in [0.29, 0.717) is 0 Å². The minimum absolute atomic E-state index is 0.986. The van der Waals surface area contributed by atoms with E-state index in [1.54, 1.807) is 11.8 Å². The third-order valence-electron chi connectivity index (χ3n) is 2.49. The van der Waals surface area contributed by atoms with Crippen molar-refractivity contribution in [1.29, 1.82) is 5.26 Å². The molecule has 2 nitrogen and oxygen atoms in total. The van der Waals surface area contributed by atoms with Gasteiger partial charge in [-0.05, 0) is 42.1 Å². The third-order valence-corrected chi connectivity index (χ3v) is 4.21. The molecule has 2 aromatic carbocycles. The van der Waals surface area contributed by atoms with E-state index in [2.05, 4.69) is 28.9 Å². The van der Waals surface area contributed by atoms with Crippen molar-refractivity contribution in [2.45, 2.75) is 14.7 Å². The van der Waals surface area contributed by atoms with Crippen molar-refractivity contribution < 1.29 is 0 Å². The number of hydrogen-bond acceptors (Lipinski definition) is 4. The van der Waals surface area contributed by atoms with Crippen LogP contribution in [-0.4, -0.2) is 0 Å². The number of nitrogens with one attached hydrogen (secondary N) is 1. The Hall–Kier alpha value is -1.57. The van der Waals surface area contributed by atoms with E-state index in [-0.39, 0.29) is 0 Å². The largest absolute Gasteiger partial charge is 0.354 e. The maximum absolute atomic E-state index is 8.67. The van der Waals surface area contributed by atoms with Crippen LogP contribution in [0, 0.1) is 10.7 Å². The predicted molar refractivity (Wildman–Crippen MR) is 71.8 cm³/mol. The standard InChI is InChI=1S/C13H8N2S2/c14-8-16-9-5-6-11-13(7-9)17-12-4-2-1-3-10(12)15-11/h1-7,15H. The molecule has 0 radical (unpaired) electrons. The lowest BCUT2D eigenvalue weighted by molar-refractivity contribution is 1.27. The van der Waals surface area contributed by atoms with E-state index in [1.165, 1.54) is 21.6 Å². The lowest BCUT2D eigenvalue weighted by atomic mass is 10.2. The second-order valence-electron chi connectivity index (χ2n) is 3.57. The van der Waals surface area contributed by atoms with Gasteiger partial charge < -0.3 is 5.32 Å². The van der Waals surface area contributed by atoms with Gasteiger partial charge in [0.15, 0.2) is 0 Å². The molecule has 0 amide bonds. The number of fused-ring (bicyclic) bond motifs is 2. The highest BCUT2D eigenvalue weighted by Crippen LogP contribution is 2.44. The van der Waals surface area contributed by atoms with Crippen LogP contribution < -0.4 is 5.32 Å². The molecule has 0 spiro atoms. The molecular weight excluding hydrogens is 248 g/mol. The minimum Gasteiger partial charge on any atom is -0.354 e. The molecule has 0 saturated heterocycles. The van der Waals surface area contributed by atoms with Crippen LogP contribution in [0.25, 0.3) is 0 Å². The maximum Gasteiger partial charge on any atom is 0.138 e. The van der Waals surface area contributed by atoms with Gasteiger partial charge in [-0.3, -0.25) is 0 Å². The van der Waals surface area contributed by atoms with Crippen LogP contribution >= 0.6 is 23.5 Å². The van der Waals surface area contributed by atoms with Crippen LogP contribution in [0.3, 0.4) is 0 Å². The predicted octanol–water partition coefficient (Wildman–Crippen LogP) is 4.47. The number of nitrogens with zero attached hydrogens (tertiary/aromatic N) is 1. The fourth-order valence-electron chi connectivity index (χ4n) is 1.73. The Morgan fingerprint density at radius 2 is 1.88 bits per heavy atom. The summed E-state index contributed by atoms with van der Waals surface area (Å²) < 4.78 is 0. The highest BCUT2D eigenvalue weighted by molar-refractivity contribution is 8.03. The summed E-state index contributed by atoms with van der Waals surface area (Å²) in [5, 5.41) is 14.2. The van der Waals surface area contributed by atoms with Gasteiger partial charge >= 0.3 is 0 Å². The second-order valence-corrected chi connectivity index (χ2v) is 5.52. The molecule has 1 aliphatic rings. The Labute approximate surface area is 108 Å². The Kier molecular flexibility index (Phi) is 2.71. The third kappa shape index (κ3) is 1.99. The quantitative estimate of drug-likeness (QED) is 0.515. The molecule has 2 aromatic rings. The number of thioether (sulfide) groups is 1. The van der Waals surface area contributed by atoms with Gasteiger partial charge in [-0.25, -0.2) is 0 Å². The first-order valence-corrected chi connectivity index (χ1v) is 6.74. The van der Waals surface area contributed by atoms with E-state index >= 15 is 0 Å². The van der Waals surface area contributed by atoms with E-state index in [1.807, 2.05) is 24.3 Å². The Morgan fingerprint density at radius 1 is 1.06 bits per heavy atom. The Morgan fingerprint density at radius 3 is 2.76 bits per heavy atom. The molecule has 0 bridgehead atoms. The average Bonchev–Trinajstić information content (AvgIpc) is 2.36. The van der Waals surface area contributed by atoms with Gasteiger partial charge in [0.1, 0.15) is 5.40 Å². The summed E-state index contributed by atoms with van der Waals surface area (Å²) in [5.41, 5.74) is 2.25. The molecule has 4 heteroatoms. The summed E-state index contributed by atoms with van der Waals surface area (Å²) in [6.07, 6.45) is 0. The maximum atomic E-state index is 8.67. The summed E-state index contributed by atoms with van der Waals surface area (Å²) >= 11 is 2.93. The molecule has 0 atom stereocenters. The first kappa shape index (κ1) is 10.6. The van der Waals surface area contributed by atoms with Crippen molar-refractivity contribution in [3.8, 4) is 5.40 Å². The van der Waals surface area contributed by atoms with Gasteiger partial charge in [0.05, 0.1) is 11.4 Å². The zero-order valence-corrected chi connectivity index (χ0v) is 10.4. The molecule has 0 fully saturated rings. The molecule has 82 valence electrons. The van der Waals surface area contributed by atoms with E-state index < -0.39 is 0 Å². The zero-order valence-electron chi connectivity index (χ0n) is 8.81. The molecule has 3 rings (SSSR count). The average molecular weight is 256 g/mol. The number of hydrogen-bond donors (Lipinski definition) is 1. The zero-order chi connectivity index (χ0) is 11.7. The van der Waals surface area contributed by atoms with Crippen LogP contribution in [0.5, 0.6) is 0 Å². The van der Waals surface area contributed by atoms with Gasteiger partial charge in [-0.15, -0.1) is 0 Å². The molecule has 0 unspecified atom stereocenters. The molecule has 17 heavy (non-hydrogen) atoms. The lowest BCUT2D eigenvalue weighted by Crippen LogP contribution is -1.99. The van der Waals surface area contributed by atoms with Crippen molar-refractivity contribution in [1.82, 2.24) is 0 Å². The molecule has 0 saturated carbocycles. The first-order chi connectivity index (χ1) is 8.36. The van der Waals surface area contributed by atoms with Crippen molar-refractivity contribution in [2.75, 3.05) is 5.32 Å². The van der Waals surface area contributed by atoms with Gasteiger partial charge in [0.25, 0.3) is 0 Å². The fraction of sp³-hybridized carbons (Fsp3) is 0.